The van der Waals surface area contributed by atoms with Crippen LogP contribution in [0.4, 0.5) is 4.79 Å². The van der Waals surface area contributed by atoms with E-state index < -0.39 is 0 Å². The summed E-state index contributed by atoms with van der Waals surface area (Å²) in [6, 6.07) is 15.5. The SMILES string of the molecule is COc1cccc(CCNC(=O)NCCOc2ccc(C)cc2)c1. The first-order chi connectivity index (χ1) is 11.7. The van der Waals surface area contributed by atoms with E-state index in [0.29, 0.717) is 19.7 Å². The fraction of sp³-hybridized carbons (Fsp3) is 0.316. The molecule has 2 aromatic carbocycles. The summed E-state index contributed by atoms with van der Waals surface area (Å²) in [4.78, 5) is 11.7. The first kappa shape index (κ1) is 17.7. The van der Waals surface area contributed by atoms with Gasteiger partial charge in [-0.1, -0.05) is 29.8 Å². The van der Waals surface area contributed by atoms with Crippen LogP contribution in [0.25, 0.3) is 0 Å². The quantitative estimate of drug-likeness (QED) is 0.733. The van der Waals surface area contributed by atoms with Gasteiger partial charge in [-0.15, -0.1) is 0 Å². The Labute approximate surface area is 143 Å². The zero-order valence-electron chi connectivity index (χ0n) is 14.2. The van der Waals surface area contributed by atoms with E-state index in [0.717, 1.165) is 23.5 Å². The van der Waals surface area contributed by atoms with Crippen LogP contribution in [0.1, 0.15) is 11.1 Å². The molecule has 0 aromatic heterocycles. The lowest BCUT2D eigenvalue weighted by molar-refractivity contribution is 0.236. The molecule has 24 heavy (non-hydrogen) atoms. The molecule has 0 atom stereocenters. The van der Waals surface area contributed by atoms with Crippen LogP contribution in [0.15, 0.2) is 48.5 Å². The molecule has 0 aliphatic rings. The summed E-state index contributed by atoms with van der Waals surface area (Å²) < 4.78 is 10.7. The number of benzene rings is 2. The minimum atomic E-state index is -0.189. The molecule has 0 fully saturated rings. The van der Waals surface area contributed by atoms with E-state index in [2.05, 4.69) is 10.6 Å². The van der Waals surface area contributed by atoms with Gasteiger partial charge in [-0.25, -0.2) is 4.79 Å². The largest absolute Gasteiger partial charge is 0.497 e. The lowest BCUT2D eigenvalue weighted by Crippen LogP contribution is -2.38. The lowest BCUT2D eigenvalue weighted by atomic mass is 10.1. The van der Waals surface area contributed by atoms with Crippen molar-refractivity contribution in [2.45, 2.75) is 13.3 Å². The summed E-state index contributed by atoms with van der Waals surface area (Å²) in [6.45, 7) is 3.49. The van der Waals surface area contributed by atoms with E-state index in [4.69, 9.17) is 9.47 Å². The lowest BCUT2D eigenvalue weighted by Gasteiger charge is -2.09. The molecule has 0 aliphatic heterocycles. The van der Waals surface area contributed by atoms with Gasteiger partial charge in [0.1, 0.15) is 18.1 Å². The normalized spacial score (nSPS) is 10.1. The van der Waals surface area contributed by atoms with E-state index in [1.165, 1.54) is 5.56 Å². The summed E-state index contributed by atoms with van der Waals surface area (Å²) in [5, 5.41) is 5.60. The summed E-state index contributed by atoms with van der Waals surface area (Å²) in [7, 11) is 1.64. The summed E-state index contributed by atoms with van der Waals surface area (Å²) in [5.41, 5.74) is 2.31. The second-order valence-electron chi connectivity index (χ2n) is 5.45. The van der Waals surface area contributed by atoms with Crippen LogP contribution < -0.4 is 20.1 Å². The molecule has 5 heteroatoms. The first-order valence-electron chi connectivity index (χ1n) is 8.01. The topological polar surface area (TPSA) is 59.6 Å². The number of aryl methyl sites for hydroxylation is 1. The molecule has 0 heterocycles. The Kier molecular flexibility index (Phi) is 6.95. The van der Waals surface area contributed by atoms with Crippen molar-refractivity contribution in [2.24, 2.45) is 0 Å². The molecule has 128 valence electrons. The number of ether oxygens (including phenoxy) is 2. The van der Waals surface area contributed by atoms with Gasteiger partial charge in [-0.3, -0.25) is 0 Å². The third-order valence-corrected chi connectivity index (χ3v) is 3.51. The zero-order valence-corrected chi connectivity index (χ0v) is 14.2. The second kappa shape index (κ2) is 9.45. The van der Waals surface area contributed by atoms with Crippen molar-refractivity contribution in [3.05, 3.63) is 59.7 Å². The fourth-order valence-electron chi connectivity index (χ4n) is 2.18. The molecule has 2 amide bonds. The van der Waals surface area contributed by atoms with Crippen molar-refractivity contribution >= 4 is 6.03 Å². The van der Waals surface area contributed by atoms with Crippen LogP contribution in [0.3, 0.4) is 0 Å². The molecule has 0 saturated carbocycles. The van der Waals surface area contributed by atoms with Crippen LogP contribution >= 0.6 is 0 Å². The van der Waals surface area contributed by atoms with Crippen LogP contribution in [0, 0.1) is 6.92 Å². The highest BCUT2D eigenvalue weighted by Gasteiger charge is 2.01. The van der Waals surface area contributed by atoms with Crippen LogP contribution in [0.2, 0.25) is 0 Å². The molecule has 5 nitrogen and oxygen atoms in total. The first-order valence-corrected chi connectivity index (χ1v) is 8.01. The number of carbonyl (C=O) groups is 1. The predicted molar refractivity (Wildman–Crippen MR) is 94.8 cm³/mol. The molecule has 2 rings (SSSR count). The van der Waals surface area contributed by atoms with Gasteiger partial charge in [0.15, 0.2) is 0 Å². The van der Waals surface area contributed by atoms with Crippen molar-refractivity contribution in [1.29, 1.82) is 0 Å². The summed E-state index contributed by atoms with van der Waals surface area (Å²) in [5.74, 6) is 1.63. The van der Waals surface area contributed by atoms with Gasteiger partial charge in [0, 0.05) is 6.54 Å². The second-order valence-corrected chi connectivity index (χ2v) is 5.45. The van der Waals surface area contributed by atoms with Gasteiger partial charge in [-0.2, -0.15) is 0 Å². The van der Waals surface area contributed by atoms with E-state index in [1.807, 2.05) is 55.5 Å². The molecule has 0 radical (unpaired) electrons. The van der Waals surface area contributed by atoms with Crippen molar-refractivity contribution in [3.8, 4) is 11.5 Å². The number of urea groups is 1. The van der Waals surface area contributed by atoms with E-state index >= 15 is 0 Å². The van der Waals surface area contributed by atoms with Crippen LogP contribution in [0.5, 0.6) is 11.5 Å². The third-order valence-electron chi connectivity index (χ3n) is 3.51. The fourth-order valence-corrected chi connectivity index (χ4v) is 2.18. The number of nitrogens with one attached hydrogen (secondary N) is 2. The Bertz CT molecular complexity index is 641. The number of amides is 2. The van der Waals surface area contributed by atoms with Crippen LogP contribution in [-0.2, 0) is 6.42 Å². The van der Waals surface area contributed by atoms with Crippen molar-refractivity contribution in [2.75, 3.05) is 26.8 Å². The monoisotopic (exact) mass is 328 g/mol. The number of hydrogen-bond donors (Lipinski definition) is 2. The predicted octanol–water partition coefficient (Wildman–Crippen LogP) is 2.92. The minimum Gasteiger partial charge on any atom is -0.497 e. The average molecular weight is 328 g/mol. The zero-order chi connectivity index (χ0) is 17.2. The molecule has 0 spiro atoms. The van der Waals surface area contributed by atoms with Gasteiger partial charge in [0.2, 0.25) is 0 Å². The van der Waals surface area contributed by atoms with Crippen molar-refractivity contribution < 1.29 is 14.3 Å². The number of hydrogen-bond acceptors (Lipinski definition) is 3. The Morgan fingerprint density at radius 2 is 1.75 bits per heavy atom. The van der Waals surface area contributed by atoms with E-state index in [-0.39, 0.29) is 6.03 Å². The van der Waals surface area contributed by atoms with Crippen molar-refractivity contribution in [3.63, 3.8) is 0 Å². The molecule has 2 aromatic rings. The molecule has 0 unspecified atom stereocenters. The van der Waals surface area contributed by atoms with Crippen LogP contribution in [-0.4, -0.2) is 32.8 Å². The maximum atomic E-state index is 11.7. The van der Waals surface area contributed by atoms with E-state index in [9.17, 15) is 4.79 Å². The molecule has 0 aliphatic carbocycles. The molecule has 2 N–H and O–H groups in total. The van der Waals surface area contributed by atoms with Gasteiger partial charge < -0.3 is 20.1 Å². The molecular formula is C19H24N2O3. The highest BCUT2D eigenvalue weighted by molar-refractivity contribution is 5.73. The number of methoxy groups -OCH3 is 1. The minimum absolute atomic E-state index is 0.189. The van der Waals surface area contributed by atoms with E-state index in [1.54, 1.807) is 7.11 Å². The Morgan fingerprint density at radius 1 is 1.00 bits per heavy atom. The highest BCUT2D eigenvalue weighted by atomic mass is 16.5. The number of carbonyl (C=O) groups excluding carboxylic acids is 1. The Balaban J connectivity index is 1.58. The molecule has 0 bridgehead atoms. The smallest absolute Gasteiger partial charge is 0.314 e. The standard InChI is InChI=1S/C19H24N2O3/c1-15-6-8-17(9-7-15)24-13-12-21-19(22)20-11-10-16-4-3-5-18(14-16)23-2/h3-9,14H,10-13H2,1-2H3,(H2,20,21,22). The Morgan fingerprint density at radius 3 is 2.50 bits per heavy atom. The summed E-state index contributed by atoms with van der Waals surface area (Å²) >= 11 is 0. The molecule has 0 saturated heterocycles. The van der Waals surface area contributed by atoms with Gasteiger partial charge in [-0.05, 0) is 43.2 Å². The number of rotatable bonds is 8. The molecular weight excluding hydrogens is 304 g/mol. The maximum Gasteiger partial charge on any atom is 0.314 e. The third kappa shape index (κ3) is 6.20. The van der Waals surface area contributed by atoms with Crippen molar-refractivity contribution in [1.82, 2.24) is 10.6 Å². The average Bonchev–Trinajstić information content (AvgIpc) is 2.60. The highest BCUT2D eigenvalue weighted by Crippen LogP contribution is 2.12. The summed E-state index contributed by atoms with van der Waals surface area (Å²) in [6.07, 6.45) is 0.754. The Hall–Kier alpha value is -2.69. The maximum absolute atomic E-state index is 11.7. The van der Waals surface area contributed by atoms with Gasteiger partial charge in [0.05, 0.1) is 13.7 Å². The van der Waals surface area contributed by atoms with Gasteiger partial charge in [0.25, 0.3) is 0 Å². The van der Waals surface area contributed by atoms with Gasteiger partial charge >= 0.3 is 6.03 Å².